The van der Waals surface area contributed by atoms with Gasteiger partial charge in [0, 0.05) is 25.7 Å². The van der Waals surface area contributed by atoms with Gasteiger partial charge in [-0.3, -0.25) is 9.69 Å². The largest absolute Gasteiger partial charge is 0.447 e. The fourth-order valence-corrected chi connectivity index (χ4v) is 2.05. The van der Waals surface area contributed by atoms with Gasteiger partial charge in [-0.15, -0.1) is 0 Å². The van der Waals surface area contributed by atoms with Gasteiger partial charge in [0.1, 0.15) is 6.61 Å². The molecular weight excluding hydrogens is 210 g/mol. The van der Waals surface area contributed by atoms with Crippen LogP contribution in [-0.2, 0) is 9.53 Å². The zero-order chi connectivity index (χ0) is 11.5. The molecule has 90 valence electrons. The third kappa shape index (κ3) is 2.51. The van der Waals surface area contributed by atoms with Gasteiger partial charge in [0.05, 0.1) is 13.1 Å². The van der Waals surface area contributed by atoms with Crippen LogP contribution < -0.4 is 5.32 Å². The molecule has 2 aliphatic rings. The van der Waals surface area contributed by atoms with E-state index in [1.165, 1.54) is 4.90 Å². The van der Waals surface area contributed by atoms with E-state index in [0.717, 1.165) is 19.6 Å². The molecule has 2 rings (SSSR count). The van der Waals surface area contributed by atoms with Crippen molar-refractivity contribution in [2.45, 2.75) is 13.0 Å². The zero-order valence-corrected chi connectivity index (χ0v) is 9.44. The maximum absolute atomic E-state index is 11.8. The SMILES string of the molecule is CC1CN(CC(=O)N2CCOC2=O)CCN1. The number of nitrogens with zero attached hydrogens (tertiary/aromatic N) is 2. The van der Waals surface area contributed by atoms with Gasteiger partial charge in [-0.05, 0) is 6.92 Å². The maximum Gasteiger partial charge on any atom is 0.416 e. The molecule has 6 heteroatoms. The Hall–Kier alpha value is -1.14. The summed E-state index contributed by atoms with van der Waals surface area (Å²) in [7, 11) is 0. The van der Waals surface area contributed by atoms with Gasteiger partial charge in [-0.2, -0.15) is 0 Å². The highest BCUT2D eigenvalue weighted by Gasteiger charge is 2.30. The highest BCUT2D eigenvalue weighted by atomic mass is 16.6. The molecule has 0 aromatic heterocycles. The summed E-state index contributed by atoms with van der Waals surface area (Å²) in [6, 6.07) is 0.395. The van der Waals surface area contributed by atoms with Gasteiger partial charge in [-0.25, -0.2) is 9.69 Å². The van der Waals surface area contributed by atoms with Crippen LogP contribution in [-0.4, -0.2) is 67.2 Å². The molecule has 2 amide bonds. The number of hydrogen-bond acceptors (Lipinski definition) is 5. The van der Waals surface area contributed by atoms with Gasteiger partial charge in [0.25, 0.3) is 0 Å². The van der Waals surface area contributed by atoms with E-state index in [2.05, 4.69) is 17.1 Å². The first kappa shape index (κ1) is 11.3. The van der Waals surface area contributed by atoms with Crippen LogP contribution in [0, 0.1) is 0 Å². The van der Waals surface area contributed by atoms with E-state index in [-0.39, 0.29) is 5.91 Å². The molecule has 0 aliphatic carbocycles. The van der Waals surface area contributed by atoms with Gasteiger partial charge >= 0.3 is 6.09 Å². The highest BCUT2D eigenvalue weighted by Crippen LogP contribution is 2.06. The summed E-state index contributed by atoms with van der Waals surface area (Å²) in [4.78, 5) is 26.2. The van der Waals surface area contributed by atoms with Crippen LogP contribution in [0.5, 0.6) is 0 Å². The standard InChI is InChI=1S/C10H17N3O3/c1-8-6-12(3-2-11-8)7-9(14)13-4-5-16-10(13)15/h8,11H,2-7H2,1H3. The maximum atomic E-state index is 11.8. The van der Waals surface area contributed by atoms with E-state index in [1.807, 2.05) is 0 Å². The van der Waals surface area contributed by atoms with Crippen molar-refractivity contribution in [3.05, 3.63) is 0 Å². The predicted octanol–water partition coefficient (Wildman–Crippen LogP) is -0.741. The number of cyclic esters (lactones) is 1. The van der Waals surface area contributed by atoms with E-state index in [0.29, 0.717) is 25.7 Å². The molecule has 1 atom stereocenters. The van der Waals surface area contributed by atoms with Crippen molar-refractivity contribution in [2.75, 3.05) is 39.3 Å². The van der Waals surface area contributed by atoms with Crippen molar-refractivity contribution in [3.8, 4) is 0 Å². The van der Waals surface area contributed by atoms with Crippen molar-refractivity contribution >= 4 is 12.0 Å². The third-order valence-electron chi connectivity index (χ3n) is 2.87. The molecule has 0 bridgehead atoms. The lowest BCUT2D eigenvalue weighted by atomic mass is 10.2. The molecule has 0 aromatic carbocycles. The highest BCUT2D eigenvalue weighted by molar-refractivity contribution is 5.94. The van der Waals surface area contributed by atoms with Crippen LogP contribution in [0.25, 0.3) is 0 Å². The predicted molar refractivity (Wildman–Crippen MR) is 57.0 cm³/mol. The van der Waals surface area contributed by atoms with E-state index >= 15 is 0 Å². The molecule has 6 nitrogen and oxygen atoms in total. The van der Waals surface area contributed by atoms with Gasteiger partial charge in [0.15, 0.2) is 0 Å². The Kier molecular flexibility index (Phi) is 3.40. The second-order valence-electron chi connectivity index (χ2n) is 4.25. The van der Waals surface area contributed by atoms with Crippen LogP contribution >= 0.6 is 0 Å². The molecular formula is C10H17N3O3. The van der Waals surface area contributed by atoms with Crippen molar-refractivity contribution in [1.82, 2.24) is 15.1 Å². The second kappa shape index (κ2) is 4.80. The normalized spacial score (nSPS) is 26.9. The molecule has 1 unspecified atom stereocenters. The van der Waals surface area contributed by atoms with Gasteiger partial charge in [-0.1, -0.05) is 0 Å². The Morgan fingerprint density at radius 3 is 3.00 bits per heavy atom. The first-order valence-electron chi connectivity index (χ1n) is 5.59. The number of nitrogens with one attached hydrogen (secondary N) is 1. The summed E-state index contributed by atoms with van der Waals surface area (Å²) in [5.41, 5.74) is 0. The molecule has 2 fully saturated rings. The quantitative estimate of drug-likeness (QED) is 0.673. The fourth-order valence-electron chi connectivity index (χ4n) is 2.05. The number of hydrogen-bond donors (Lipinski definition) is 1. The third-order valence-corrected chi connectivity index (χ3v) is 2.87. The Balaban J connectivity index is 1.84. The Bertz CT molecular complexity index is 295. The van der Waals surface area contributed by atoms with Crippen LogP contribution in [0.4, 0.5) is 4.79 Å². The molecule has 0 radical (unpaired) electrons. The average Bonchev–Trinajstić information content (AvgIpc) is 2.64. The average molecular weight is 227 g/mol. The Morgan fingerprint density at radius 1 is 1.56 bits per heavy atom. The molecule has 0 aromatic rings. The first-order valence-corrected chi connectivity index (χ1v) is 5.59. The van der Waals surface area contributed by atoms with Crippen LogP contribution in [0.15, 0.2) is 0 Å². The minimum Gasteiger partial charge on any atom is -0.447 e. The first-order chi connectivity index (χ1) is 7.66. The van der Waals surface area contributed by atoms with Gasteiger partial charge in [0.2, 0.25) is 5.91 Å². The molecule has 2 saturated heterocycles. The van der Waals surface area contributed by atoms with E-state index < -0.39 is 6.09 Å². The zero-order valence-electron chi connectivity index (χ0n) is 9.44. The minimum atomic E-state index is -0.506. The molecule has 16 heavy (non-hydrogen) atoms. The molecule has 2 aliphatic heterocycles. The summed E-state index contributed by atoms with van der Waals surface area (Å²) < 4.78 is 4.73. The summed E-state index contributed by atoms with van der Waals surface area (Å²) in [6.45, 7) is 5.68. The lowest BCUT2D eigenvalue weighted by Gasteiger charge is -2.31. The lowest BCUT2D eigenvalue weighted by molar-refractivity contribution is -0.129. The lowest BCUT2D eigenvalue weighted by Crippen LogP contribution is -2.52. The molecule has 1 N–H and O–H groups in total. The number of amides is 2. The Morgan fingerprint density at radius 2 is 2.38 bits per heavy atom. The number of imide groups is 1. The van der Waals surface area contributed by atoms with Crippen LogP contribution in [0.1, 0.15) is 6.92 Å². The number of piperazine rings is 1. The van der Waals surface area contributed by atoms with Crippen molar-refractivity contribution in [1.29, 1.82) is 0 Å². The smallest absolute Gasteiger partial charge is 0.416 e. The summed E-state index contributed by atoms with van der Waals surface area (Å²) >= 11 is 0. The fraction of sp³-hybridized carbons (Fsp3) is 0.800. The summed E-state index contributed by atoms with van der Waals surface area (Å²) in [5.74, 6) is -0.156. The topological polar surface area (TPSA) is 61.9 Å². The van der Waals surface area contributed by atoms with Crippen molar-refractivity contribution < 1.29 is 14.3 Å². The Labute approximate surface area is 94.5 Å². The number of carbonyl (C=O) groups excluding carboxylic acids is 2. The molecule has 0 saturated carbocycles. The summed E-state index contributed by atoms with van der Waals surface area (Å²) in [6.07, 6.45) is -0.506. The van der Waals surface area contributed by atoms with Crippen molar-refractivity contribution in [3.63, 3.8) is 0 Å². The minimum absolute atomic E-state index is 0.156. The molecule has 2 heterocycles. The van der Waals surface area contributed by atoms with E-state index in [1.54, 1.807) is 0 Å². The molecule has 0 spiro atoms. The number of rotatable bonds is 2. The van der Waals surface area contributed by atoms with E-state index in [4.69, 9.17) is 4.74 Å². The number of ether oxygens (including phenoxy) is 1. The number of carbonyl (C=O) groups is 2. The summed E-state index contributed by atoms with van der Waals surface area (Å²) in [5, 5.41) is 3.31. The van der Waals surface area contributed by atoms with E-state index in [9.17, 15) is 9.59 Å². The van der Waals surface area contributed by atoms with Crippen LogP contribution in [0.3, 0.4) is 0 Å². The van der Waals surface area contributed by atoms with Crippen molar-refractivity contribution in [2.24, 2.45) is 0 Å². The van der Waals surface area contributed by atoms with Gasteiger partial charge < -0.3 is 10.1 Å². The monoisotopic (exact) mass is 227 g/mol. The second-order valence-corrected chi connectivity index (χ2v) is 4.25. The van der Waals surface area contributed by atoms with Crippen LogP contribution in [0.2, 0.25) is 0 Å².